The normalized spacial score (nSPS) is 19.5. The molecular weight excluding hydrogens is 596 g/mol. The lowest BCUT2D eigenvalue weighted by molar-refractivity contribution is 0.0945. The number of anilines is 1. The van der Waals surface area contributed by atoms with Crippen molar-refractivity contribution in [2.24, 2.45) is 0 Å². The lowest BCUT2D eigenvalue weighted by Crippen LogP contribution is -2.30. The zero-order valence-electron chi connectivity index (χ0n) is 22.2. The Morgan fingerprint density at radius 2 is 2.08 bits per heavy atom. The molecule has 2 unspecified atom stereocenters. The Morgan fingerprint density at radius 3 is 2.76 bits per heavy atom. The molecule has 9 heteroatoms. The zero-order valence-corrected chi connectivity index (χ0v) is 24.4. The molecule has 3 aromatic rings. The average Bonchev–Trinajstić information content (AvgIpc) is 3.59. The summed E-state index contributed by atoms with van der Waals surface area (Å²) in [5, 5.41) is 21.9. The summed E-state index contributed by atoms with van der Waals surface area (Å²) in [6.07, 6.45) is 7.98. The van der Waals surface area contributed by atoms with Crippen molar-refractivity contribution in [3.05, 3.63) is 77.2 Å². The Hall–Kier alpha value is -3.05. The van der Waals surface area contributed by atoms with Crippen molar-refractivity contribution in [1.82, 2.24) is 19.9 Å². The number of nitrogens with one attached hydrogen (secondary N) is 2. The van der Waals surface area contributed by atoms with Crippen LogP contribution in [0.15, 0.2) is 66.0 Å². The van der Waals surface area contributed by atoms with E-state index in [-0.39, 0.29) is 26.6 Å². The van der Waals surface area contributed by atoms with E-state index in [0.29, 0.717) is 17.9 Å². The lowest BCUT2D eigenvalue weighted by atomic mass is 10.0. The van der Waals surface area contributed by atoms with E-state index in [0.717, 1.165) is 23.3 Å². The highest BCUT2D eigenvalue weighted by Gasteiger charge is 2.24. The van der Waals surface area contributed by atoms with E-state index < -0.39 is 17.9 Å². The molecule has 0 saturated heterocycles. The first-order chi connectivity index (χ1) is 18.1. The number of allylic oxidation sites excluding steroid dienone is 4. The molecule has 0 radical (unpaired) electrons. The Morgan fingerprint density at radius 1 is 1.29 bits per heavy atom. The van der Waals surface area contributed by atoms with E-state index >= 15 is 0 Å². The Labute approximate surface area is 232 Å². The van der Waals surface area contributed by atoms with E-state index in [1.807, 2.05) is 6.92 Å². The van der Waals surface area contributed by atoms with Crippen molar-refractivity contribution in [1.29, 1.82) is 0 Å². The molecule has 2 aliphatic carbocycles. The number of imidazole rings is 1. The van der Waals surface area contributed by atoms with Crippen molar-refractivity contribution in [2.75, 3.05) is 16.8 Å². The molecule has 2 heterocycles. The molecule has 0 fully saturated rings. The predicted octanol–water partition coefficient (Wildman–Crippen LogP) is 5.44. The molecule has 0 spiro atoms. The summed E-state index contributed by atoms with van der Waals surface area (Å²) in [4.78, 5) is 6.91. The third kappa shape index (κ3) is 5.99. The fourth-order valence-electron chi connectivity index (χ4n) is 4.22. The van der Waals surface area contributed by atoms with Gasteiger partial charge in [-0.25, -0.2) is 13.9 Å². The van der Waals surface area contributed by atoms with Crippen LogP contribution in [-0.4, -0.2) is 52.7 Å². The summed E-state index contributed by atoms with van der Waals surface area (Å²) in [5.74, 6) is 0.267. The van der Waals surface area contributed by atoms with Gasteiger partial charge in [-0.1, -0.05) is 50.6 Å². The molecule has 0 saturated carbocycles. The van der Waals surface area contributed by atoms with Crippen LogP contribution in [0.5, 0.6) is 5.88 Å². The maximum Gasteiger partial charge on any atom is 0.234 e. The van der Waals surface area contributed by atoms with Crippen LogP contribution in [0.1, 0.15) is 38.3 Å². The summed E-state index contributed by atoms with van der Waals surface area (Å²) >= 11 is -0.122. The van der Waals surface area contributed by atoms with E-state index in [1.54, 1.807) is 42.8 Å². The average molecular weight is 630 g/mol. The molecule has 38 heavy (non-hydrogen) atoms. The summed E-state index contributed by atoms with van der Waals surface area (Å²) in [5.41, 5.74) is 6.70. The van der Waals surface area contributed by atoms with Crippen molar-refractivity contribution < 1.29 is 14.2 Å². The molecule has 2 aromatic heterocycles. The van der Waals surface area contributed by atoms with Crippen molar-refractivity contribution in [3.8, 4) is 17.1 Å². The van der Waals surface area contributed by atoms with Crippen LogP contribution in [0.2, 0.25) is 0 Å². The number of fused-ring (bicyclic) bond motifs is 1. The first-order valence-electron chi connectivity index (χ1n) is 12.6. The second kappa shape index (κ2) is 10.6. The predicted molar refractivity (Wildman–Crippen MR) is 160 cm³/mol. The maximum absolute atomic E-state index is 14.6. The minimum absolute atomic E-state index is 0.122. The quantitative estimate of drug-likeness (QED) is 0.216. The maximum atomic E-state index is 14.6. The Balaban J connectivity index is 1.53. The number of alkyl halides is 2. The van der Waals surface area contributed by atoms with Gasteiger partial charge >= 0.3 is 0 Å². The van der Waals surface area contributed by atoms with Gasteiger partial charge in [0.25, 0.3) is 0 Å². The monoisotopic (exact) mass is 629 g/mol. The van der Waals surface area contributed by atoms with Crippen LogP contribution < -0.4 is 15.4 Å². The first-order valence-corrected chi connectivity index (χ1v) is 15.8. The third-order valence-electron chi connectivity index (χ3n) is 6.32. The van der Waals surface area contributed by atoms with Gasteiger partial charge in [0, 0.05) is 35.9 Å². The minimum Gasteiger partial charge on any atom is -0.466 e. The Bertz CT molecular complexity index is 1500. The van der Waals surface area contributed by atoms with Crippen LogP contribution >= 0.6 is 20.7 Å². The molecule has 3 N–H and O–H groups in total. The topological polar surface area (TPSA) is 83.7 Å². The summed E-state index contributed by atoms with van der Waals surface area (Å²) in [6, 6.07) is 8.10. The van der Waals surface area contributed by atoms with Crippen LogP contribution in [0.4, 0.5) is 10.1 Å². The number of aliphatic hydroxyl groups is 1. The number of aryl methyl sites for hydroxylation is 1. The van der Waals surface area contributed by atoms with Crippen molar-refractivity contribution in [2.45, 2.75) is 52.0 Å². The number of ether oxygens (including phenoxy) is 1. The third-order valence-corrected chi connectivity index (χ3v) is 8.25. The van der Waals surface area contributed by atoms with Gasteiger partial charge in [0.15, 0.2) is 17.9 Å². The van der Waals surface area contributed by atoms with Crippen molar-refractivity contribution >= 4 is 35.7 Å². The SMILES string of the molecule is CI=C(NC1=CC1)c1ccc(-c2cnc3c(NCC(C)(C)O)cc(OC4C=C(C)C=CC4F)nn23)cc1C. The van der Waals surface area contributed by atoms with E-state index in [2.05, 4.69) is 51.7 Å². The van der Waals surface area contributed by atoms with E-state index in [4.69, 9.17) is 9.84 Å². The lowest BCUT2D eigenvalue weighted by Gasteiger charge is -2.22. The van der Waals surface area contributed by atoms with E-state index in [9.17, 15) is 9.50 Å². The summed E-state index contributed by atoms with van der Waals surface area (Å²) in [7, 11) is 0. The fraction of sp³-hybridized carbons (Fsp3) is 0.345. The summed E-state index contributed by atoms with van der Waals surface area (Å²) < 4.78 is 23.7. The van der Waals surface area contributed by atoms with Gasteiger partial charge in [0.1, 0.15) is 0 Å². The highest BCUT2D eigenvalue weighted by Crippen LogP contribution is 2.30. The Kier molecular flexibility index (Phi) is 7.41. The highest BCUT2D eigenvalue weighted by atomic mass is 127. The number of hydrogen-bond donors (Lipinski definition) is 3. The molecule has 0 aliphatic heterocycles. The van der Waals surface area contributed by atoms with Crippen molar-refractivity contribution in [3.63, 3.8) is 0 Å². The second-order valence-corrected chi connectivity index (χ2v) is 12.5. The number of nitrogens with zero attached hydrogens (tertiary/aromatic N) is 3. The van der Waals surface area contributed by atoms with Gasteiger partial charge < -0.3 is 20.5 Å². The van der Waals surface area contributed by atoms with Gasteiger partial charge in [0.2, 0.25) is 5.88 Å². The van der Waals surface area contributed by atoms with E-state index in [1.165, 1.54) is 26.5 Å². The molecule has 0 amide bonds. The number of aromatic nitrogens is 3. The fourth-order valence-corrected chi connectivity index (χ4v) is 6.02. The van der Waals surface area contributed by atoms with Crippen LogP contribution in [0.3, 0.4) is 0 Å². The minimum atomic E-state index is -1.27. The standard InChI is InChI=1S/C29H33FIN5O2/c1-17-6-11-22(30)25(12-17)38-26-14-23(33-16-29(3,4)37)28-32-15-24(36(28)35-26)19-7-10-21(18(2)13-19)27(31-5)34-20-8-9-20/h6-8,10-15,22,25,33-34,37H,9,16H2,1-5H3. The van der Waals surface area contributed by atoms with Crippen LogP contribution in [0.25, 0.3) is 16.9 Å². The molecule has 1 aromatic carbocycles. The molecule has 0 bridgehead atoms. The van der Waals surface area contributed by atoms with Gasteiger partial charge in [-0.05, 0) is 56.4 Å². The molecule has 5 rings (SSSR count). The van der Waals surface area contributed by atoms with Gasteiger partial charge in [-0.15, -0.1) is 5.10 Å². The first kappa shape index (κ1) is 26.6. The number of benzene rings is 1. The van der Waals surface area contributed by atoms with Crippen LogP contribution in [0, 0.1) is 6.92 Å². The smallest absolute Gasteiger partial charge is 0.234 e. The number of rotatable bonds is 9. The second-order valence-electron chi connectivity index (χ2n) is 10.3. The molecule has 2 atom stereocenters. The highest BCUT2D eigenvalue weighted by molar-refractivity contribution is 14.2. The summed E-state index contributed by atoms with van der Waals surface area (Å²) in [6.45, 7) is 7.78. The van der Waals surface area contributed by atoms with Gasteiger partial charge in [0.05, 0.1) is 26.8 Å². The molecule has 200 valence electrons. The van der Waals surface area contributed by atoms with Gasteiger partial charge in [-0.3, -0.25) is 0 Å². The molecular formula is C29H33FIN5O2. The number of hydrogen-bond acceptors (Lipinski definition) is 6. The molecule has 7 nitrogen and oxygen atoms in total. The number of halogens is 2. The largest absolute Gasteiger partial charge is 0.466 e. The zero-order chi connectivity index (χ0) is 27.0. The van der Waals surface area contributed by atoms with Gasteiger partial charge in [-0.2, -0.15) is 0 Å². The molecule has 2 aliphatic rings. The van der Waals surface area contributed by atoms with Crippen LogP contribution in [-0.2, 0) is 0 Å².